The average Bonchev–Trinajstić information content (AvgIpc) is 3.03. The molecule has 1 heterocycles. The number of nitriles is 1. The molecule has 2 aromatic carbocycles. The van der Waals surface area contributed by atoms with Gasteiger partial charge in [0.1, 0.15) is 5.75 Å². The number of hydrogen-bond donors (Lipinski definition) is 0. The van der Waals surface area contributed by atoms with Crippen molar-refractivity contribution >= 4 is 0 Å². The molecule has 0 N–H and O–H groups in total. The van der Waals surface area contributed by atoms with Gasteiger partial charge < -0.3 is 9.26 Å². The fourth-order valence-corrected chi connectivity index (χ4v) is 1.93. The van der Waals surface area contributed by atoms with Gasteiger partial charge in [0, 0.05) is 5.56 Å². The van der Waals surface area contributed by atoms with Crippen molar-refractivity contribution in [3.8, 4) is 23.2 Å². The van der Waals surface area contributed by atoms with Gasteiger partial charge in [-0.1, -0.05) is 41.1 Å². The fraction of sp³-hybridized carbons (Fsp3) is 0.118. The normalized spacial score (nSPS) is 10.2. The van der Waals surface area contributed by atoms with Gasteiger partial charge in [0.15, 0.2) is 6.61 Å². The molecule has 0 spiro atoms. The second-order valence-corrected chi connectivity index (χ2v) is 4.81. The van der Waals surface area contributed by atoms with E-state index in [1.807, 2.05) is 31.2 Å². The lowest BCUT2D eigenvalue weighted by molar-refractivity contribution is 0.243. The molecule has 0 amide bonds. The van der Waals surface area contributed by atoms with Crippen molar-refractivity contribution in [2.24, 2.45) is 0 Å². The lowest BCUT2D eigenvalue weighted by atomic mass is 10.1. The molecule has 5 nitrogen and oxygen atoms in total. The molecule has 0 unspecified atom stereocenters. The molecule has 0 saturated carbocycles. The minimum atomic E-state index is 0.160. The smallest absolute Gasteiger partial charge is 0.264 e. The molecule has 0 saturated heterocycles. The minimum absolute atomic E-state index is 0.160. The lowest BCUT2D eigenvalue weighted by Gasteiger charge is -2.02. The first-order valence-electron chi connectivity index (χ1n) is 6.77. The van der Waals surface area contributed by atoms with Crippen LogP contribution < -0.4 is 4.74 Å². The summed E-state index contributed by atoms with van der Waals surface area (Å²) >= 11 is 0. The fourth-order valence-electron chi connectivity index (χ4n) is 1.93. The second-order valence-electron chi connectivity index (χ2n) is 4.81. The molecule has 0 atom stereocenters. The number of aromatic nitrogens is 2. The Morgan fingerprint density at radius 2 is 2.00 bits per heavy atom. The van der Waals surface area contributed by atoms with Crippen LogP contribution in [0.4, 0.5) is 0 Å². The highest BCUT2D eigenvalue weighted by Gasteiger charge is 2.09. The molecule has 0 aliphatic carbocycles. The molecule has 3 rings (SSSR count). The Morgan fingerprint density at radius 1 is 1.18 bits per heavy atom. The van der Waals surface area contributed by atoms with Crippen LogP contribution in [0.2, 0.25) is 0 Å². The van der Waals surface area contributed by atoms with Crippen LogP contribution in [0, 0.1) is 18.3 Å². The summed E-state index contributed by atoms with van der Waals surface area (Å²) in [7, 11) is 0. The molecule has 0 radical (unpaired) electrons. The summed E-state index contributed by atoms with van der Waals surface area (Å²) in [5.74, 6) is 1.51. The predicted octanol–water partition coefficient (Wildman–Crippen LogP) is 3.50. The van der Waals surface area contributed by atoms with E-state index in [1.54, 1.807) is 24.3 Å². The van der Waals surface area contributed by atoms with Gasteiger partial charge in [-0.15, -0.1) is 0 Å². The zero-order chi connectivity index (χ0) is 15.4. The highest BCUT2D eigenvalue weighted by molar-refractivity contribution is 5.54. The van der Waals surface area contributed by atoms with Crippen molar-refractivity contribution in [1.29, 1.82) is 5.26 Å². The molecule has 0 bridgehead atoms. The maximum Gasteiger partial charge on any atom is 0.264 e. The SMILES string of the molecule is Cc1ccc(-c2noc(COc3cccc(C#N)c3)n2)cc1. The van der Waals surface area contributed by atoms with Crippen LogP contribution in [0.15, 0.2) is 53.1 Å². The van der Waals surface area contributed by atoms with Crippen molar-refractivity contribution in [3.05, 3.63) is 65.5 Å². The van der Waals surface area contributed by atoms with Gasteiger partial charge in [-0.25, -0.2) is 0 Å². The summed E-state index contributed by atoms with van der Waals surface area (Å²) < 4.78 is 10.7. The molecule has 0 fully saturated rings. The van der Waals surface area contributed by atoms with Crippen LogP contribution >= 0.6 is 0 Å². The Labute approximate surface area is 127 Å². The number of nitrogens with zero attached hydrogens (tertiary/aromatic N) is 3. The van der Waals surface area contributed by atoms with Crippen LogP contribution in [0.3, 0.4) is 0 Å². The van der Waals surface area contributed by atoms with Gasteiger partial charge in [0.25, 0.3) is 5.89 Å². The van der Waals surface area contributed by atoms with Crippen molar-refractivity contribution < 1.29 is 9.26 Å². The van der Waals surface area contributed by atoms with E-state index in [4.69, 9.17) is 14.5 Å². The number of aryl methyl sites for hydroxylation is 1. The third kappa shape index (κ3) is 3.13. The van der Waals surface area contributed by atoms with Gasteiger partial charge >= 0.3 is 0 Å². The van der Waals surface area contributed by atoms with Gasteiger partial charge in [0.05, 0.1) is 11.6 Å². The van der Waals surface area contributed by atoms with Gasteiger partial charge in [-0.3, -0.25) is 0 Å². The Kier molecular flexibility index (Phi) is 3.84. The molecule has 22 heavy (non-hydrogen) atoms. The molecule has 0 aliphatic heterocycles. The largest absolute Gasteiger partial charge is 0.484 e. The topological polar surface area (TPSA) is 71.9 Å². The van der Waals surface area contributed by atoms with Crippen LogP contribution in [-0.2, 0) is 6.61 Å². The summed E-state index contributed by atoms with van der Waals surface area (Å²) in [4.78, 5) is 4.30. The molecular weight excluding hydrogens is 278 g/mol. The summed E-state index contributed by atoms with van der Waals surface area (Å²) in [6, 6.07) is 16.9. The Bertz CT molecular complexity index is 816. The predicted molar refractivity (Wildman–Crippen MR) is 80.0 cm³/mol. The third-order valence-corrected chi connectivity index (χ3v) is 3.10. The summed E-state index contributed by atoms with van der Waals surface area (Å²) in [5.41, 5.74) is 2.61. The highest BCUT2D eigenvalue weighted by Crippen LogP contribution is 2.18. The second kappa shape index (κ2) is 6.10. The first kappa shape index (κ1) is 13.8. The van der Waals surface area contributed by atoms with E-state index in [0.29, 0.717) is 23.0 Å². The maximum atomic E-state index is 8.85. The molecule has 0 aliphatic rings. The standard InChI is InChI=1S/C17H13N3O2/c1-12-5-7-14(8-6-12)17-19-16(22-20-17)11-21-15-4-2-3-13(9-15)10-18/h2-9H,11H2,1H3. The van der Waals surface area contributed by atoms with Crippen molar-refractivity contribution in [1.82, 2.24) is 10.1 Å². The van der Waals surface area contributed by atoms with E-state index in [0.717, 1.165) is 5.56 Å². The summed E-state index contributed by atoms with van der Waals surface area (Å²) in [6.45, 7) is 2.18. The van der Waals surface area contributed by atoms with Crippen LogP contribution in [0.5, 0.6) is 5.75 Å². The quantitative estimate of drug-likeness (QED) is 0.735. The van der Waals surface area contributed by atoms with E-state index in [9.17, 15) is 0 Å². The molecule has 5 heteroatoms. The average molecular weight is 291 g/mol. The lowest BCUT2D eigenvalue weighted by Crippen LogP contribution is -1.96. The van der Waals surface area contributed by atoms with Crippen molar-refractivity contribution in [2.45, 2.75) is 13.5 Å². The van der Waals surface area contributed by atoms with E-state index < -0.39 is 0 Å². The number of benzene rings is 2. The molecule has 1 aromatic heterocycles. The van der Waals surface area contributed by atoms with E-state index in [-0.39, 0.29) is 6.61 Å². The number of ether oxygens (including phenoxy) is 1. The Balaban J connectivity index is 1.69. The van der Waals surface area contributed by atoms with Crippen LogP contribution in [0.1, 0.15) is 17.0 Å². The Hall–Kier alpha value is -3.13. The maximum absolute atomic E-state index is 8.85. The van der Waals surface area contributed by atoms with Gasteiger partial charge in [-0.2, -0.15) is 10.2 Å². The van der Waals surface area contributed by atoms with E-state index >= 15 is 0 Å². The zero-order valence-electron chi connectivity index (χ0n) is 12.0. The van der Waals surface area contributed by atoms with E-state index in [2.05, 4.69) is 16.2 Å². The zero-order valence-corrected chi connectivity index (χ0v) is 12.0. The van der Waals surface area contributed by atoms with Crippen LogP contribution in [0.25, 0.3) is 11.4 Å². The van der Waals surface area contributed by atoms with Crippen molar-refractivity contribution in [2.75, 3.05) is 0 Å². The third-order valence-electron chi connectivity index (χ3n) is 3.10. The van der Waals surface area contributed by atoms with Gasteiger partial charge in [-0.05, 0) is 25.1 Å². The monoisotopic (exact) mass is 291 g/mol. The minimum Gasteiger partial charge on any atom is -0.484 e. The molecule has 108 valence electrons. The summed E-state index contributed by atoms with van der Waals surface area (Å²) in [6.07, 6.45) is 0. The van der Waals surface area contributed by atoms with Gasteiger partial charge in [0.2, 0.25) is 5.82 Å². The summed E-state index contributed by atoms with van der Waals surface area (Å²) in [5, 5.41) is 12.8. The number of hydrogen-bond acceptors (Lipinski definition) is 5. The molecule has 3 aromatic rings. The first-order valence-corrected chi connectivity index (χ1v) is 6.77. The highest BCUT2D eigenvalue weighted by atomic mass is 16.5. The number of rotatable bonds is 4. The van der Waals surface area contributed by atoms with Crippen LogP contribution in [-0.4, -0.2) is 10.1 Å². The molecular formula is C17H13N3O2. The van der Waals surface area contributed by atoms with Crippen molar-refractivity contribution in [3.63, 3.8) is 0 Å². The first-order chi connectivity index (χ1) is 10.7. The van der Waals surface area contributed by atoms with E-state index in [1.165, 1.54) is 5.56 Å². The Morgan fingerprint density at radius 3 is 2.77 bits per heavy atom.